The topological polar surface area (TPSA) is 80.2 Å². The van der Waals surface area contributed by atoms with Crippen LogP contribution in [0.2, 0.25) is 0 Å². The van der Waals surface area contributed by atoms with Crippen molar-refractivity contribution in [3.8, 4) is 11.5 Å². The molecule has 0 aliphatic rings. The van der Waals surface area contributed by atoms with Crippen LogP contribution in [-0.2, 0) is 4.79 Å². The Bertz CT molecular complexity index is 526. The van der Waals surface area contributed by atoms with Crippen molar-refractivity contribution in [2.45, 2.75) is 39.8 Å². The zero-order chi connectivity index (χ0) is 16.0. The average Bonchev–Trinajstić information content (AvgIpc) is 2.45. The average molecular weight is 294 g/mol. The molecule has 0 aliphatic heterocycles. The number of rotatable bonds is 6. The van der Waals surface area contributed by atoms with E-state index in [1.165, 1.54) is 0 Å². The predicted molar refractivity (Wildman–Crippen MR) is 80.4 cm³/mol. The third kappa shape index (κ3) is 4.66. The molecule has 0 bridgehead atoms. The third-order valence-corrected chi connectivity index (χ3v) is 2.83. The molecule has 0 heterocycles. The molecule has 0 saturated carbocycles. The normalized spacial score (nSPS) is 13.0. The van der Waals surface area contributed by atoms with Gasteiger partial charge in [-0.05, 0) is 39.8 Å². The van der Waals surface area contributed by atoms with Crippen LogP contribution in [0.15, 0.2) is 23.4 Å². The van der Waals surface area contributed by atoms with E-state index >= 15 is 0 Å². The molecule has 1 rings (SSSR count). The highest BCUT2D eigenvalue weighted by atomic mass is 16.5. The molecule has 6 nitrogen and oxygen atoms in total. The molecule has 1 unspecified atom stereocenters. The van der Waals surface area contributed by atoms with Gasteiger partial charge in [0.15, 0.2) is 6.10 Å². The zero-order valence-corrected chi connectivity index (χ0v) is 13.0. The molecule has 116 valence electrons. The molecule has 0 radical (unpaired) electrons. The van der Waals surface area contributed by atoms with Crippen LogP contribution < -0.4 is 14.8 Å². The van der Waals surface area contributed by atoms with Gasteiger partial charge in [-0.1, -0.05) is 5.16 Å². The number of hydrogen-bond acceptors (Lipinski definition) is 5. The Balaban J connectivity index is 3.02. The molecule has 0 aliphatic carbocycles. The number of oxime groups is 1. The number of methoxy groups -OCH3 is 1. The fourth-order valence-electron chi connectivity index (χ4n) is 1.73. The molecule has 0 spiro atoms. The molecule has 0 aromatic heterocycles. The van der Waals surface area contributed by atoms with E-state index in [1.807, 2.05) is 13.8 Å². The molecule has 0 fully saturated rings. The molecule has 1 aromatic carbocycles. The summed E-state index contributed by atoms with van der Waals surface area (Å²) in [7, 11) is 1.54. The van der Waals surface area contributed by atoms with Crippen LogP contribution in [0.1, 0.15) is 33.3 Å². The summed E-state index contributed by atoms with van der Waals surface area (Å²) in [6.45, 7) is 7.06. The minimum Gasteiger partial charge on any atom is -0.497 e. The van der Waals surface area contributed by atoms with Crippen molar-refractivity contribution >= 4 is 11.6 Å². The Morgan fingerprint density at radius 3 is 2.52 bits per heavy atom. The van der Waals surface area contributed by atoms with Crippen LogP contribution in [0.5, 0.6) is 11.5 Å². The largest absolute Gasteiger partial charge is 0.497 e. The monoisotopic (exact) mass is 294 g/mol. The van der Waals surface area contributed by atoms with Crippen LogP contribution in [0.4, 0.5) is 0 Å². The molecule has 1 atom stereocenters. The summed E-state index contributed by atoms with van der Waals surface area (Å²) in [5.74, 6) is 0.810. The van der Waals surface area contributed by atoms with Gasteiger partial charge >= 0.3 is 0 Å². The van der Waals surface area contributed by atoms with Gasteiger partial charge in [-0.2, -0.15) is 0 Å². The Morgan fingerprint density at radius 2 is 2.00 bits per heavy atom. The van der Waals surface area contributed by atoms with Crippen molar-refractivity contribution in [2.75, 3.05) is 7.11 Å². The summed E-state index contributed by atoms with van der Waals surface area (Å²) in [4.78, 5) is 11.9. The zero-order valence-electron chi connectivity index (χ0n) is 13.0. The van der Waals surface area contributed by atoms with Gasteiger partial charge < -0.3 is 20.0 Å². The maximum Gasteiger partial charge on any atom is 0.260 e. The highest BCUT2D eigenvalue weighted by molar-refractivity contribution is 6.01. The van der Waals surface area contributed by atoms with Crippen molar-refractivity contribution in [1.29, 1.82) is 0 Å². The van der Waals surface area contributed by atoms with E-state index in [0.29, 0.717) is 22.8 Å². The van der Waals surface area contributed by atoms with E-state index in [2.05, 4.69) is 10.5 Å². The second kappa shape index (κ2) is 7.52. The minimum atomic E-state index is -0.676. The molecule has 6 heteroatoms. The van der Waals surface area contributed by atoms with E-state index in [-0.39, 0.29) is 11.9 Å². The highest BCUT2D eigenvalue weighted by Gasteiger charge is 2.18. The van der Waals surface area contributed by atoms with Gasteiger partial charge in [0.2, 0.25) is 0 Å². The second-order valence-electron chi connectivity index (χ2n) is 4.97. The van der Waals surface area contributed by atoms with Crippen LogP contribution in [-0.4, -0.2) is 36.1 Å². The Labute approximate surface area is 124 Å². The summed E-state index contributed by atoms with van der Waals surface area (Å²) in [6, 6.07) is 5.14. The predicted octanol–water partition coefficient (Wildman–Crippen LogP) is 2.19. The highest BCUT2D eigenvalue weighted by Crippen LogP contribution is 2.26. The first kappa shape index (κ1) is 16.8. The molecule has 21 heavy (non-hydrogen) atoms. The number of nitrogens with zero attached hydrogens (tertiary/aromatic N) is 1. The number of hydrogen-bond donors (Lipinski definition) is 2. The lowest BCUT2D eigenvalue weighted by atomic mass is 10.1. The molecule has 0 saturated heterocycles. The fourth-order valence-corrected chi connectivity index (χ4v) is 1.73. The number of carbonyl (C=O) groups is 1. The molecule has 1 amide bonds. The van der Waals surface area contributed by atoms with E-state index < -0.39 is 6.10 Å². The molecular weight excluding hydrogens is 272 g/mol. The lowest BCUT2D eigenvalue weighted by molar-refractivity contribution is -0.127. The number of carbonyl (C=O) groups excluding carboxylic acids is 1. The van der Waals surface area contributed by atoms with Gasteiger partial charge in [0.05, 0.1) is 12.8 Å². The fraction of sp³-hybridized carbons (Fsp3) is 0.467. The standard InChI is InChI=1S/C15H22N2O4/c1-9(2)16-15(18)11(4)21-14-8-12(20-5)6-7-13(14)10(3)17-19/h6-9,11,19H,1-5H3,(H,16,18)/b17-10+. The van der Waals surface area contributed by atoms with Gasteiger partial charge in [-0.25, -0.2) is 0 Å². The van der Waals surface area contributed by atoms with Crippen LogP contribution >= 0.6 is 0 Å². The maximum absolute atomic E-state index is 11.9. The molecule has 2 N–H and O–H groups in total. The first-order valence-corrected chi connectivity index (χ1v) is 6.73. The summed E-state index contributed by atoms with van der Waals surface area (Å²) in [5, 5.41) is 14.9. The van der Waals surface area contributed by atoms with Crippen LogP contribution in [0.25, 0.3) is 0 Å². The van der Waals surface area contributed by atoms with E-state index in [0.717, 1.165) is 0 Å². The molecule has 1 aromatic rings. The number of nitrogens with one attached hydrogen (secondary N) is 1. The minimum absolute atomic E-state index is 0.0362. The van der Waals surface area contributed by atoms with Gasteiger partial charge in [0, 0.05) is 17.7 Å². The van der Waals surface area contributed by atoms with Gasteiger partial charge in [0.1, 0.15) is 11.5 Å². The third-order valence-electron chi connectivity index (χ3n) is 2.83. The van der Waals surface area contributed by atoms with Gasteiger partial charge in [-0.15, -0.1) is 0 Å². The number of benzene rings is 1. The molecular formula is C15H22N2O4. The van der Waals surface area contributed by atoms with Crippen molar-refractivity contribution in [3.63, 3.8) is 0 Å². The quantitative estimate of drug-likeness (QED) is 0.479. The summed E-state index contributed by atoms with van der Waals surface area (Å²) >= 11 is 0. The maximum atomic E-state index is 11.9. The van der Waals surface area contributed by atoms with Gasteiger partial charge in [0.25, 0.3) is 5.91 Å². The Morgan fingerprint density at radius 1 is 1.33 bits per heavy atom. The van der Waals surface area contributed by atoms with Crippen molar-refractivity contribution in [3.05, 3.63) is 23.8 Å². The van der Waals surface area contributed by atoms with Crippen molar-refractivity contribution < 1.29 is 19.5 Å². The van der Waals surface area contributed by atoms with E-state index in [9.17, 15) is 4.79 Å². The summed E-state index contributed by atoms with van der Waals surface area (Å²) in [5.41, 5.74) is 0.992. The van der Waals surface area contributed by atoms with Crippen LogP contribution in [0, 0.1) is 0 Å². The summed E-state index contributed by atoms with van der Waals surface area (Å²) in [6.07, 6.45) is -0.676. The Hall–Kier alpha value is -2.24. The lowest BCUT2D eigenvalue weighted by Gasteiger charge is -2.19. The second-order valence-corrected chi connectivity index (χ2v) is 4.97. The van der Waals surface area contributed by atoms with E-state index in [1.54, 1.807) is 39.2 Å². The lowest BCUT2D eigenvalue weighted by Crippen LogP contribution is -2.40. The first-order valence-electron chi connectivity index (χ1n) is 6.73. The van der Waals surface area contributed by atoms with Gasteiger partial charge in [-0.3, -0.25) is 4.79 Å². The van der Waals surface area contributed by atoms with Crippen molar-refractivity contribution in [2.24, 2.45) is 5.16 Å². The Kier molecular flexibility index (Phi) is 6.02. The van der Waals surface area contributed by atoms with Crippen molar-refractivity contribution in [1.82, 2.24) is 5.32 Å². The number of ether oxygens (including phenoxy) is 2. The van der Waals surface area contributed by atoms with E-state index in [4.69, 9.17) is 14.7 Å². The number of amides is 1. The van der Waals surface area contributed by atoms with Crippen LogP contribution in [0.3, 0.4) is 0 Å². The SMILES string of the molecule is COc1ccc(/C(C)=N/O)c(OC(C)C(=O)NC(C)C)c1. The first-order chi connectivity index (χ1) is 9.88. The smallest absolute Gasteiger partial charge is 0.260 e. The summed E-state index contributed by atoms with van der Waals surface area (Å²) < 4.78 is 10.8.